The summed E-state index contributed by atoms with van der Waals surface area (Å²) in [5.41, 5.74) is 1.28. The van der Waals surface area contributed by atoms with Gasteiger partial charge in [0, 0.05) is 39.1 Å². The Kier molecular flexibility index (Phi) is 6.71. The molecule has 0 spiro atoms. The maximum absolute atomic E-state index is 6.34. The number of benzene rings is 2. The van der Waals surface area contributed by atoms with Crippen molar-refractivity contribution in [1.82, 2.24) is 9.55 Å². The Morgan fingerprint density at radius 1 is 1.00 bits per heavy atom. The second-order valence-corrected chi connectivity index (χ2v) is 8.36. The fourth-order valence-corrected chi connectivity index (χ4v) is 4.37. The molecule has 1 atom stereocenters. The lowest BCUT2D eigenvalue weighted by Crippen LogP contribution is -2.13. The second kappa shape index (κ2) is 9.00. The van der Waals surface area contributed by atoms with Gasteiger partial charge in [-0.1, -0.05) is 46.9 Å². The van der Waals surface area contributed by atoms with Crippen molar-refractivity contribution < 1.29 is 0 Å². The molecule has 1 heterocycles. The number of nitrogens with zero attached hydrogens (tertiary/aromatic N) is 2. The van der Waals surface area contributed by atoms with Gasteiger partial charge in [-0.2, -0.15) is 0 Å². The summed E-state index contributed by atoms with van der Waals surface area (Å²) in [5.74, 6) is 0. The topological polar surface area (TPSA) is 17.8 Å². The average molecular weight is 412 g/mol. The number of hydrogen-bond acceptors (Lipinski definition) is 2. The van der Waals surface area contributed by atoms with Crippen molar-refractivity contribution >= 4 is 46.6 Å². The van der Waals surface area contributed by atoms with Crippen LogP contribution in [0.5, 0.6) is 0 Å². The maximum Gasteiger partial charge on any atom is 0.0946 e. The highest BCUT2D eigenvalue weighted by atomic mass is 35.5. The summed E-state index contributed by atoms with van der Waals surface area (Å²) in [7, 11) is 0. The van der Waals surface area contributed by atoms with Gasteiger partial charge in [-0.25, -0.2) is 4.98 Å². The van der Waals surface area contributed by atoms with E-state index in [1.165, 1.54) is 5.56 Å². The Morgan fingerprint density at radius 3 is 2.48 bits per heavy atom. The summed E-state index contributed by atoms with van der Waals surface area (Å²) in [6.45, 7) is 0.862. The third kappa shape index (κ3) is 5.68. The van der Waals surface area contributed by atoms with Gasteiger partial charge in [-0.15, -0.1) is 11.8 Å². The molecule has 0 N–H and O–H groups in total. The fraction of sp³-hybridized carbons (Fsp3) is 0.211. The van der Waals surface area contributed by atoms with Crippen LogP contribution >= 0.6 is 46.6 Å². The summed E-state index contributed by atoms with van der Waals surface area (Å²) in [4.78, 5) is 5.14. The highest BCUT2D eigenvalue weighted by Crippen LogP contribution is 2.35. The minimum atomic E-state index is 0.348. The number of hydrogen-bond donors (Lipinski definition) is 0. The molecule has 1 unspecified atom stereocenters. The molecule has 2 nitrogen and oxygen atoms in total. The third-order valence-electron chi connectivity index (χ3n) is 3.83. The molecule has 0 bridgehead atoms. The van der Waals surface area contributed by atoms with Crippen molar-refractivity contribution in [3.63, 3.8) is 0 Å². The Bertz CT molecular complexity index is 804. The van der Waals surface area contributed by atoms with Gasteiger partial charge in [0.1, 0.15) is 0 Å². The average Bonchev–Trinajstić information content (AvgIpc) is 3.10. The van der Waals surface area contributed by atoms with Gasteiger partial charge in [-0.05, 0) is 48.7 Å². The highest BCUT2D eigenvalue weighted by molar-refractivity contribution is 8.00. The Labute approximate surface area is 167 Å². The van der Waals surface area contributed by atoms with Crippen LogP contribution in [-0.4, -0.2) is 14.8 Å². The lowest BCUT2D eigenvalue weighted by Gasteiger charge is -2.18. The van der Waals surface area contributed by atoms with E-state index in [0.717, 1.165) is 34.3 Å². The molecule has 0 saturated carbocycles. The first-order valence-electron chi connectivity index (χ1n) is 7.92. The summed E-state index contributed by atoms with van der Waals surface area (Å²) >= 11 is 20.2. The van der Waals surface area contributed by atoms with E-state index in [1.807, 2.05) is 42.9 Å². The smallest absolute Gasteiger partial charge is 0.0946 e. The molecular weight excluding hydrogens is 395 g/mol. The number of thioether (sulfide) groups is 1. The molecular formula is C19H17Cl3N2S. The molecule has 1 aromatic heterocycles. The first kappa shape index (κ1) is 18.7. The van der Waals surface area contributed by atoms with Crippen LogP contribution < -0.4 is 0 Å². The SMILES string of the molecule is Clc1ccc(CCC(Cn2ccnc2)Sc2cc(Cl)ccc2Cl)cc1. The van der Waals surface area contributed by atoms with E-state index in [4.69, 9.17) is 34.8 Å². The molecule has 0 amide bonds. The van der Waals surface area contributed by atoms with Crippen molar-refractivity contribution in [1.29, 1.82) is 0 Å². The zero-order chi connectivity index (χ0) is 17.6. The second-order valence-electron chi connectivity index (χ2n) is 5.74. The fourth-order valence-electron chi connectivity index (χ4n) is 2.54. The highest BCUT2D eigenvalue weighted by Gasteiger charge is 2.14. The summed E-state index contributed by atoms with van der Waals surface area (Å²) in [5, 5.41) is 2.54. The van der Waals surface area contributed by atoms with Gasteiger partial charge in [0.15, 0.2) is 0 Å². The van der Waals surface area contributed by atoms with E-state index in [-0.39, 0.29) is 0 Å². The largest absolute Gasteiger partial charge is 0.336 e. The molecule has 3 aromatic rings. The summed E-state index contributed by atoms with van der Waals surface area (Å²) in [6.07, 6.45) is 7.60. The maximum atomic E-state index is 6.34. The molecule has 0 radical (unpaired) electrons. The number of halogens is 3. The first-order chi connectivity index (χ1) is 12.1. The van der Waals surface area contributed by atoms with Gasteiger partial charge in [0.2, 0.25) is 0 Å². The van der Waals surface area contributed by atoms with Gasteiger partial charge >= 0.3 is 0 Å². The molecule has 6 heteroatoms. The van der Waals surface area contributed by atoms with Crippen molar-refractivity contribution in [3.05, 3.63) is 81.8 Å². The van der Waals surface area contributed by atoms with E-state index in [0.29, 0.717) is 10.3 Å². The molecule has 0 saturated heterocycles. The van der Waals surface area contributed by atoms with Crippen LogP contribution in [0.1, 0.15) is 12.0 Å². The van der Waals surface area contributed by atoms with Crippen LogP contribution in [0.15, 0.2) is 66.1 Å². The van der Waals surface area contributed by atoms with Gasteiger partial charge in [0.05, 0.1) is 11.3 Å². The molecule has 0 aliphatic carbocycles. The van der Waals surface area contributed by atoms with Crippen LogP contribution in [0, 0.1) is 0 Å². The summed E-state index contributed by atoms with van der Waals surface area (Å²) < 4.78 is 2.10. The number of aryl methyl sites for hydroxylation is 1. The van der Waals surface area contributed by atoms with E-state index >= 15 is 0 Å². The quantitative estimate of drug-likeness (QED) is 0.406. The minimum absolute atomic E-state index is 0.348. The summed E-state index contributed by atoms with van der Waals surface area (Å²) in [6, 6.07) is 13.6. The molecule has 0 fully saturated rings. The van der Waals surface area contributed by atoms with Gasteiger partial charge in [-0.3, -0.25) is 0 Å². The van der Waals surface area contributed by atoms with Crippen molar-refractivity contribution in [2.24, 2.45) is 0 Å². The van der Waals surface area contributed by atoms with Crippen LogP contribution in [0.3, 0.4) is 0 Å². The lowest BCUT2D eigenvalue weighted by molar-refractivity contribution is 0.624. The van der Waals surface area contributed by atoms with Crippen molar-refractivity contribution in [2.45, 2.75) is 29.5 Å². The molecule has 3 rings (SSSR count). The monoisotopic (exact) mass is 410 g/mol. The minimum Gasteiger partial charge on any atom is -0.336 e. The molecule has 0 aliphatic heterocycles. The van der Waals surface area contributed by atoms with E-state index < -0.39 is 0 Å². The molecule has 25 heavy (non-hydrogen) atoms. The van der Waals surface area contributed by atoms with Crippen LogP contribution in [0.25, 0.3) is 0 Å². The van der Waals surface area contributed by atoms with Crippen molar-refractivity contribution in [2.75, 3.05) is 0 Å². The Hall–Kier alpha value is -1.13. The predicted molar refractivity (Wildman–Crippen MR) is 108 cm³/mol. The Balaban J connectivity index is 1.72. The first-order valence-corrected chi connectivity index (χ1v) is 9.93. The number of rotatable bonds is 7. The number of aromatic nitrogens is 2. The molecule has 130 valence electrons. The van der Waals surface area contributed by atoms with Crippen LogP contribution in [0.2, 0.25) is 15.1 Å². The van der Waals surface area contributed by atoms with E-state index in [1.54, 1.807) is 18.0 Å². The zero-order valence-corrected chi connectivity index (χ0v) is 16.5. The Morgan fingerprint density at radius 2 is 1.76 bits per heavy atom. The lowest BCUT2D eigenvalue weighted by atomic mass is 10.1. The van der Waals surface area contributed by atoms with Crippen molar-refractivity contribution in [3.8, 4) is 0 Å². The standard InChI is InChI=1S/C19H17Cl3N2S/c20-15-4-1-14(2-5-15)3-7-17(12-24-10-9-23-13-24)25-19-11-16(21)6-8-18(19)22/h1-2,4-6,8-11,13,17H,3,7,12H2. The molecule has 2 aromatic carbocycles. The third-order valence-corrected chi connectivity index (χ3v) is 6.07. The van der Waals surface area contributed by atoms with Gasteiger partial charge < -0.3 is 4.57 Å². The predicted octanol–water partition coefficient (Wildman–Crippen LogP) is 6.64. The van der Waals surface area contributed by atoms with E-state index in [2.05, 4.69) is 21.7 Å². The number of imidazole rings is 1. The normalized spacial score (nSPS) is 12.3. The van der Waals surface area contributed by atoms with E-state index in [9.17, 15) is 0 Å². The van der Waals surface area contributed by atoms with Gasteiger partial charge in [0.25, 0.3) is 0 Å². The van der Waals surface area contributed by atoms with Crippen LogP contribution in [-0.2, 0) is 13.0 Å². The zero-order valence-electron chi connectivity index (χ0n) is 13.4. The van der Waals surface area contributed by atoms with Crippen LogP contribution in [0.4, 0.5) is 0 Å². The molecule has 0 aliphatic rings.